The van der Waals surface area contributed by atoms with Crippen LogP contribution in [0.2, 0.25) is 0 Å². The van der Waals surface area contributed by atoms with E-state index >= 15 is 0 Å². The summed E-state index contributed by atoms with van der Waals surface area (Å²) in [4.78, 5) is 17.0. The van der Waals surface area contributed by atoms with Gasteiger partial charge in [-0.1, -0.05) is 30.3 Å². The van der Waals surface area contributed by atoms with E-state index in [4.69, 9.17) is 0 Å². The Morgan fingerprint density at radius 1 is 1.04 bits per heavy atom. The molecule has 2 fully saturated rings. The van der Waals surface area contributed by atoms with Gasteiger partial charge in [-0.15, -0.1) is 10.2 Å². The molecule has 7 nitrogen and oxygen atoms in total. The second-order valence-electron chi connectivity index (χ2n) is 8.04. The smallest absolute Gasteiger partial charge is 0.317 e. The van der Waals surface area contributed by atoms with Crippen molar-refractivity contribution in [2.45, 2.75) is 38.3 Å². The molecule has 1 atom stereocenters. The molecule has 28 heavy (non-hydrogen) atoms. The molecule has 0 radical (unpaired) electrons. The number of piperidine rings is 2. The summed E-state index contributed by atoms with van der Waals surface area (Å²) in [6, 6.07) is 11.1. The lowest BCUT2D eigenvalue weighted by Gasteiger charge is -2.35. The standard InChI is InChI=1S/C21H30N6O/c28-21(26-11-8-20(9-12-26)27-16-23-24-17-27)22-13-19-7-4-10-25(15-19)14-18-5-2-1-3-6-18/h1-3,5-6,16-17,19-20H,4,7-15H2,(H,22,28)/t19-/m1/s1. The molecule has 7 heteroatoms. The van der Waals surface area contributed by atoms with Crippen LogP contribution in [0.3, 0.4) is 0 Å². The van der Waals surface area contributed by atoms with E-state index in [0.29, 0.717) is 12.0 Å². The quantitative estimate of drug-likeness (QED) is 0.863. The zero-order valence-electron chi connectivity index (χ0n) is 16.4. The Morgan fingerprint density at radius 3 is 2.54 bits per heavy atom. The molecule has 2 aromatic rings. The molecule has 1 aromatic carbocycles. The maximum absolute atomic E-state index is 12.6. The van der Waals surface area contributed by atoms with Crippen LogP contribution in [0.4, 0.5) is 4.79 Å². The van der Waals surface area contributed by atoms with Crippen LogP contribution in [0.1, 0.15) is 37.3 Å². The van der Waals surface area contributed by atoms with Gasteiger partial charge in [-0.05, 0) is 43.7 Å². The second kappa shape index (κ2) is 9.19. The fraction of sp³-hybridized carbons (Fsp3) is 0.571. The zero-order valence-corrected chi connectivity index (χ0v) is 16.4. The number of aromatic nitrogens is 3. The van der Waals surface area contributed by atoms with Gasteiger partial charge in [0.15, 0.2) is 0 Å². The number of likely N-dealkylation sites (tertiary alicyclic amines) is 2. The molecule has 0 spiro atoms. The number of benzene rings is 1. The van der Waals surface area contributed by atoms with E-state index in [0.717, 1.165) is 52.1 Å². The number of carbonyl (C=O) groups excluding carboxylic acids is 1. The maximum Gasteiger partial charge on any atom is 0.317 e. The number of amides is 2. The molecule has 150 valence electrons. The Morgan fingerprint density at radius 2 is 1.79 bits per heavy atom. The Hall–Kier alpha value is -2.41. The van der Waals surface area contributed by atoms with Crippen molar-refractivity contribution in [3.8, 4) is 0 Å². The van der Waals surface area contributed by atoms with Crippen LogP contribution in [0.25, 0.3) is 0 Å². The predicted octanol–water partition coefficient (Wildman–Crippen LogP) is 2.54. The predicted molar refractivity (Wildman–Crippen MR) is 108 cm³/mol. The van der Waals surface area contributed by atoms with Gasteiger partial charge in [0.2, 0.25) is 0 Å². The Bertz CT molecular complexity index is 727. The summed E-state index contributed by atoms with van der Waals surface area (Å²) in [6.45, 7) is 5.57. The van der Waals surface area contributed by atoms with E-state index in [-0.39, 0.29) is 6.03 Å². The highest BCUT2D eigenvalue weighted by Crippen LogP contribution is 2.22. The molecular formula is C21H30N6O. The van der Waals surface area contributed by atoms with Gasteiger partial charge in [0, 0.05) is 38.8 Å². The average molecular weight is 383 g/mol. The van der Waals surface area contributed by atoms with Gasteiger partial charge in [-0.3, -0.25) is 4.90 Å². The normalized spacial score (nSPS) is 21.6. The van der Waals surface area contributed by atoms with Crippen molar-refractivity contribution in [2.24, 2.45) is 5.92 Å². The third-order valence-corrected chi connectivity index (χ3v) is 6.00. The van der Waals surface area contributed by atoms with Gasteiger partial charge >= 0.3 is 6.03 Å². The number of hydrogen-bond acceptors (Lipinski definition) is 4. The maximum atomic E-state index is 12.6. The number of carbonyl (C=O) groups is 1. The summed E-state index contributed by atoms with van der Waals surface area (Å²) >= 11 is 0. The largest absolute Gasteiger partial charge is 0.338 e. The Balaban J connectivity index is 1.19. The van der Waals surface area contributed by atoms with Gasteiger partial charge in [-0.2, -0.15) is 0 Å². The highest BCUT2D eigenvalue weighted by atomic mass is 16.2. The number of nitrogens with zero attached hydrogens (tertiary/aromatic N) is 5. The van der Waals surface area contributed by atoms with E-state index in [9.17, 15) is 4.79 Å². The highest BCUT2D eigenvalue weighted by molar-refractivity contribution is 5.74. The van der Waals surface area contributed by atoms with Crippen molar-refractivity contribution in [1.82, 2.24) is 29.9 Å². The molecule has 2 saturated heterocycles. The third kappa shape index (κ3) is 4.90. The molecule has 2 aliphatic rings. The first-order chi connectivity index (χ1) is 13.8. The van der Waals surface area contributed by atoms with Crippen LogP contribution in [0.5, 0.6) is 0 Å². The van der Waals surface area contributed by atoms with Gasteiger partial charge in [0.1, 0.15) is 12.7 Å². The average Bonchev–Trinajstić information content (AvgIpc) is 3.28. The van der Waals surface area contributed by atoms with E-state index in [2.05, 4.69) is 55.3 Å². The fourth-order valence-electron chi connectivity index (χ4n) is 4.41. The van der Waals surface area contributed by atoms with Gasteiger partial charge in [-0.25, -0.2) is 4.79 Å². The van der Waals surface area contributed by atoms with E-state index in [1.807, 2.05) is 4.90 Å². The molecule has 4 rings (SSSR count). The molecule has 0 bridgehead atoms. The van der Waals surface area contributed by atoms with Crippen LogP contribution < -0.4 is 5.32 Å². The van der Waals surface area contributed by atoms with Crippen molar-refractivity contribution in [3.05, 3.63) is 48.5 Å². The summed E-state index contributed by atoms with van der Waals surface area (Å²) in [5, 5.41) is 10.9. The van der Waals surface area contributed by atoms with Crippen LogP contribution in [0, 0.1) is 5.92 Å². The number of nitrogens with one attached hydrogen (secondary N) is 1. The summed E-state index contributed by atoms with van der Waals surface area (Å²) in [5.74, 6) is 0.538. The van der Waals surface area contributed by atoms with Crippen LogP contribution in [-0.4, -0.2) is 63.3 Å². The van der Waals surface area contributed by atoms with Crippen molar-refractivity contribution in [3.63, 3.8) is 0 Å². The SMILES string of the molecule is O=C(NC[C@H]1CCCN(Cc2ccccc2)C1)N1CCC(n2cnnc2)CC1. The van der Waals surface area contributed by atoms with Crippen LogP contribution in [-0.2, 0) is 6.54 Å². The number of hydrogen-bond donors (Lipinski definition) is 1. The van der Waals surface area contributed by atoms with E-state index < -0.39 is 0 Å². The summed E-state index contributed by atoms with van der Waals surface area (Å²) < 4.78 is 2.05. The van der Waals surface area contributed by atoms with E-state index in [1.165, 1.54) is 18.4 Å². The Kier molecular flexibility index (Phi) is 6.21. The molecule has 0 unspecified atom stereocenters. The minimum absolute atomic E-state index is 0.0855. The van der Waals surface area contributed by atoms with Crippen LogP contribution in [0.15, 0.2) is 43.0 Å². The zero-order chi connectivity index (χ0) is 19.2. The lowest BCUT2D eigenvalue weighted by Crippen LogP contribution is -2.47. The topological polar surface area (TPSA) is 66.3 Å². The summed E-state index contributed by atoms with van der Waals surface area (Å²) in [7, 11) is 0. The second-order valence-corrected chi connectivity index (χ2v) is 8.04. The number of rotatable bonds is 5. The third-order valence-electron chi connectivity index (χ3n) is 6.00. The monoisotopic (exact) mass is 382 g/mol. The molecule has 1 N–H and O–H groups in total. The molecule has 0 aliphatic carbocycles. The number of urea groups is 1. The summed E-state index contributed by atoms with van der Waals surface area (Å²) in [5.41, 5.74) is 1.36. The lowest BCUT2D eigenvalue weighted by atomic mass is 9.97. The molecule has 0 saturated carbocycles. The van der Waals surface area contributed by atoms with E-state index in [1.54, 1.807) is 12.7 Å². The van der Waals surface area contributed by atoms with Crippen molar-refractivity contribution < 1.29 is 4.79 Å². The van der Waals surface area contributed by atoms with Gasteiger partial charge in [0.05, 0.1) is 0 Å². The minimum atomic E-state index is 0.0855. The summed E-state index contributed by atoms with van der Waals surface area (Å²) in [6.07, 6.45) is 7.85. The van der Waals surface area contributed by atoms with Crippen molar-refractivity contribution >= 4 is 6.03 Å². The minimum Gasteiger partial charge on any atom is -0.338 e. The van der Waals surface area contributed by atoms with Gasteiger partial charge in [0.25, 0.3) is 0 Å². The first-order valence-electron chi connectivity index (χ1n) is 10.4. The van der Waals surface area contributed by atoms with Crippen molar-refractivity contribution in [2.75, 3.05) is 32.7 Å². The first kappa shape index (κ1) is 18.9. The van der Waals surface area contributed by atoms with Gasteiger partial charge < -0.3 is 14.8 Å². The fourth-order valence-corrected chi connectivity index (χ4v) is 4.41. The Labute approximate surface area is 166 Å². The van der Waals surface area contributed by atoms with Crippen molar-refractivity contribution in [1.29, 1.82) is 0 Å². The molecule has 2 aliphatic heterocycles. The highest BCUT2D eigenvalue weighted by Gasteiger charge is 2.25. The lowest BCUT2D eigenvalue weighted by molar-refractivity contribution is 0.152. The first-order valence-corrected chi connectivity index (χ1v) is 10.4. The molecule has 2 amide bonds. The molecular weight excluding hydrogens is 352 g/mol. The molecule has 3 heterocycles. The van der Waals surface area contributed by atoms with Crippen LogP contribution >= 0.6 is 0 Å². The molecule has 1 aromatic heterocycles.